The van der Waals surface area contributed by atoms with Crippen LogP contribution in [0, 0.1) is 11.8 Å². The summed E-state index contributed by atoms with van der Waals surface area (Å²) in [6.45, 7) is 5.39. The van der Waals surface area contributed by atoms with Crippen molar-refractivity contribution in [3.63, 3.8) is 0 Å². The fourth-order valence-corrected chi connectivity index (χ4v) is 5.71. The first kappa shape index (κ1) is 16.3. The maximum atomic E-state index is 12.8. The molecular formula is C14H19BrClNO2S. The van der Waals surface area contributed by atoms with E-state index >= 15 is 0 Å². The van der Waals surface area contributed by atoms with Crippen LogP contribution in [0.25, 0.3) is 0 Å². The topological polar surface area (TPSA) is 37.4 Å². The zero-order valence-electron chi connectivity index (χ0n) is 11.6. The summed E-state index contributed by atoms with van der Waals surface area (Å²) >= 11 is 9.13. The summed E-state index contributed by atoms with van der Waals surface area (Å²) in [5, 5.41) is 0. The van der Waals surface area contributed by atoms with E-state index in [2.05, 4.69) is 29.8 Å². The Bertz CT molecular complexity index is 581. The van der Waals surface area contributed by atoms with Gasteiger partial charge in [0.25, 0.3) is 0 Å². The van der Waals surface area contributed by atoms with Crippen molar-refractivity contribution in [3.05, 3.63) is 28.2 Å². The van der Waals surface area contributed by atoms with Gasteiger partial charge in [-0.3, -0.25) is 0 Å². The fraction of sp³-hybridized carbons (Fsp3) is 0.571. The van der Waals surface area contributed by atoms with Crippen LogP contribution in [0.4, 0.5) is 0 Å². The molecule has 3 nitrogen and oxygen atoms in total. The molecule has 1 aromatic carbocycles. The van der Waals surface area contributed by atoms with E-state index in [0.29, 0.717) is 40.2 Å². The van der Waals surface area contributed by atoms with E-state index in [1.807, 2.05) is 0 Å². The second-order valence-electron chi connectivity index (χ2n) is 5.67. The molecule has 0 amide bonds. The van der Waals surface area contributed by atoms with Crippen molar-refractivity contribution in [1.82, 2.24) is 4.31 Å². The molecule has 0 aliphatic carbocycles. The SMILES string of the molecule is CC1CC(C)CN(S(=O)(=O)c2ccc(CCl)cc2Br)C1. The predicted molar refractivity (Wildman–Crippen MR) is 85.4 cm³/mol. The Morgan fingerprint density at radius 1 is 1.30 bits per heavy atom. The Balaban J connectivity index is 2.35. The molecule has 1 heterocycles. The highest BCUT2D eigenvalue weighted by Crippen LogP contribution is 2.31. The Kier molecular flexibility index (Phi) is 5.16. The minimum atomic E-state index is -3.44. The first-order chi connectivity index (χ1) is 9.34. The quantitative estimate of drug-likeness (QED) is 0.747. The maximum absolute atomic E-state index is 12.8. The van der Waals surface area contributed by atoms with Gasteiger partial charge in [0.1, 0.15) is 0 Å². The zero-order valence-corrected chi connectivity index (χ0v) is 14.8. The molecule has 1 saturated heterocycles. The highest BCUT2D eigenvalue weighted by Gasteiger charge is 2.32. The Labute approximate surface area is 134 Å². The van der Waals surface area contributed by atoms with Crippen molar-refractivity contribution < 1.29 is 8.42 Å². The molecule has 20 heavy (non-hydrogen) atoms. The lowest BCUT2D eigenvalue weighted by atomic mass is 9.94. The van der Waals surface area contributed by atoms with Gasteiger partial charge in [-0.1, -0.05) is 19.9 Å². The molecular weight excluding hydrogens is 362 g/mol. The van der Waals surface area contributed by atoms with Gasteiger partial charge in [0, 0.05) is 23.4 Å². The highest BCUT2D eigenvalue weighted by molar-refractivity contribution is 9.10. The molecule has 2 rings (SSSR count). The van der Waals surface area contributed by atoms with Crippen LogP contribution in [0.2, 0.25) is 0 Å². The van der Waals surface area contributed by atoms with E-state index in [9.17, 15) is 8.42 Å². The summed E-state index contributed by atoms with van der Waals surface area (Å²) in [5.74, 6) is 1.17. The van der Waals surface area contributed by atoms with E-state index in [0.717, 1.165) is 12.0 Å². The number of benzene rings is 1. The molecule has 0 radical (unpaired) electrons. The smallest absolute Gasteiger partial charge is 0.207 e. The summed E-state index contributed by atoms with van der Waals surface area (Å²) in [4.78, 5) is 0.327. The largest absolute Gasteiger partial charge is 0.244 e. The van der Waals surface area contributed by atoms with Crippen molar-refractivity contribution in [2.75, 3.05) is 13.1 Å². The van der Waals surface area contributed by atoms with Crippen molar-refractivity contribution in [1.29, 1.82) is 0 Å². The number of hydrogen-bond donors (Lipinski definition) is 0. The van der Waals surface area contributed by atoms with Crippen LogP contribution in [-0.4, -0.2) is 25.8 Å². The van der Waals surface area contributed by atoms with Gasteiger partial charge in [-0.25, -0.2) is 8.42 Å². The average molecular weight is 381 g/mol. The molecule has 0 saturated carbocycles. The standard InChI is InChI=1S/C14H19BrClNO2S/c1-10-5-11(2)9-17(8-10)20(18,19)14-4-3-12(7-16)6-13(14)15/h3-4,6,10-11H,5,7-9H2,1-2H3. The van der Waals surface area contributed by atoms with Gasteiger partial charge in [0.05, 0.1) is 4.90 Å². The first-order valence-electron chi connectivity index (χ1n) is 6.69. The second-order valence-corrected chi connectivity index (χ2v) is 8.69. The molecule has 1 aromatic rings. The zero-order chi connectivity index (χ0) is 14.9. The van der Waals surface area contributed by atoms with Crippen LogP contribution in [0.5, 0.6) is 0 Å². The molecule has 1 aliphatic rings. The van der Waals surface area contributed by atoms with E-state index in [1.165, 1.54) is 0 Å². The van der Waals surface area contributed by atoms with Crippen LogP contribution in [0.1, 0.15) is 25.8 Å². The van der Waals surface area contributed by atoms with Crippen molar-refractivity contribution >= 4 is 37.6 Å². The van der Waals surface area contributed by atoms with Gasteiger partial charge < -0.3 is 0 Å². The van der Waals surface area contributed by atoms with Crippen molar-refractivity contribution in [3.8, 4) is 0 Å². The van der Waals surface area contributed by atoms with Gasteiger partial charge in [-0.15, -0.1) is 11.6 Å². The molecule has 0 spiro atoms. The molecule has 0 bridgehead atoms. The number of alkyl halides is 1. The number of nitrogens with zero attached hydrogens (tertiary/aromatic N) is 1. The molecule has 1 fully saturated rings. The second kappa shape index (κ2) is 6.34. The van der Waals surface area contributed by atoms with Crippen LogP contribution in [-0.2, 0) is 15.9 Å². The monoisotopic (exact) mass is 379 g/mol. The van der Waals surface area contributed by atoms with Gasteiger partial charge in [-0.05, 0) is 51.9 Å². The van der Waals surface area contributed by atoms with E-state index in [1.54, 1.807) is 22.5 Å². The number of sulfonamides is 1. The van der Waals surface area contributed by atoms with Crippen LogP contribution < -0.4 is 0 Å². The Hall–Kier alpha value is -0.100. The summed E-state index contributed by atoms with van der Waals surface area (Å²) in [6, 6.07) is 5.18. The van der Waals surface area contributed by atoms with Gasteiger partial charge in [0.2, 0.25) is 10.0 Å². The molecule has 0 aromatic heterocycles. The Morgan fingerprint density at radius 2 is 1.90 bits per heavy atom. The molecule has 1 aliphatic heterocycles. The van der Waals surface area contributed by atoms with E-state index in [4.69, 9.17) is 11.6 Å². The third-order valence-electron chi connectivity index (χ3n) is 3.60. The fourth-order valence-electron chi connectivity index (χ4n) is 2.78. The van der Waals surface area contributed by atoms with Gasteiger partial charge in [-0.2, -0.15) is 4.31 Å². The lowest BCUT2D eigenvalue weighted by Gasteiger charge is -2.34. The number of piperidine rings is 1. The van der Waals surface area contributed by atoms with Crippen molar-refractivity contribution in [2.24, 2.45) is 11.8 Å². The highest BCUT2D eigenvalue weighted by atomic mass is 79.9. The maximum Gasteiger partial charge on any atom is 0.244 e. The predicted octanol–water partition coefficient (Wildman–Crippen LogP) is 3.85. The summed E-state index contributed by atoms with van der Waals surface area (Å²) in [6.07, 6.45) is 1.08. The normalized spacial score (nSPS) is 24.8. The number of rotatable bonds is 3. The molecule has 2 atom stereocenters. The molecule has 2 unspecified atom stereocenters. The number of hydrogen-bond acceptors (Lipinski definition) is 2. The minimum absolute atomic E-state index is 0.327. The van der Waals surface area contributed by atoms with Crippen molar-refractivity contribution in [2.45, 2.75) is 31.0 Å². The van der Waals surface area contributed by atoms with Crippen LogP contribution in [0.3, 0.4) is 0 Å². The van der Waals surface area contributed by atoms with Gasteiger partial charge >= 0.3 is 0 Å². The lowest BCUT2D eigenvalue weighted by Crippen LogP contribution is -2.42. The summed E-state index contributed by atoms with van der Waals surface area (Å²) in [7, 11) is -3.44. The van der Waals surface area contributed by atoms with E-state index in [-0.39, 0.29) is 0 Å². The molecule has 0 N–H and O–H groups in total. The molecule has 112 valence electrons. The van der Waals surface area contributed by atoms with Gasteiger partial charge in [0.15, 0.2) is 0 Å². The Morgan fingerprint density at radius 3 is 2.40 bits per heavy atom. The molecule has 6 heteroatoms. The third-order valence-corrected chi connectivity index (χ3v) is 6.72. The summed E-state index contributed by atoms with van der Waals surface area (Å²) < 4.78 is 27.7. The first-order valence-corrected chi connectivity index (χ1v) is 9.46. The minimum Gasteiger partial charge on any atom is -0.207 e. The number of halogens is 2. The van der Waals surface area contributed by atoms with Crippen LogP contribution >= 0.6 is 27.5 Å². The van der Waals surface area contributed by atoms with E-state index < -0.39 is 10.0 Å². The third kappa shape index (κ3) is 3.38. The lowest BCUT2D eigenvalue weighted by molar-refractivity contribution is 0.222. The van der Waals surface area contributed by atoms with Crippen LogP contribution in [0.15, 0.2) is 27.6 Å². The average Bonchev–Trinajstić information content (AvgIpc) is 2.37. The summed E-state index contributed by atoms with van der Waals surface area (Å²) in [5.41, 5.74) is 0.901.